The van der Waals surface area contributed by atoms with Gasteiger partial charge in [-0.15, -0.1) is 0 Å². The zero-order valence-corrected chi connectivity index (χ0v) is 9.36. The van der Waals surface area contributed by atoms with Crippen molar-refractivity contribution in [1.82, 2.24) is 0 Å². The Morgan fingerprint density at radius 2 is 2.00 bits per heavy atom. The van der Waals surface area contributed by atoms with Crippen LogP contribution >= 0.6 is 49.6 Å². The van der Waals surface area contributed by atoms with Crippen molar-refractivity contribution in [3.8, 4) is 0 Å². The summed E-state index contributed by atoms with van der Waals surface area (Å²) in [4.78, 5) is 0. The van der Waals surface area contributed by atoms with E-state index in [2.05, 4.69) is 37.9 Å². The number of thiol groups is 3. The minimum Gasteiger partial charge on any atom is -0.179 e. The van der Waals surface area contributed by atoms with E-state index in [1.807, 2.05) is 11.8 Å². The highest BCUT2D eigenvalue weighted by Gasteiger charge is 1.98. The first-order chi connectivity index (χ1) is 4.81. The second-order valence-corrected chi connectivity index (χ2v) is 4.68. The second-order valence-electron chi connectivity index (χ2n) is 1.99. The molecule has 0 heterocycles. The summed E-state index contributed by atoms with van der Waals surface area (Å²) in [6.45, 7) is 0. The highest BCUT2D eigenvalue weighted by molar-refractivity contribution is 8.00. The third-order valence-corrected chi connectivity index (χ3v) is 3.84. The molecule has 0 N–H and O–H groups in total. The normalized spacial score (nSPS) is 13.5. The van der Waals surface area contributed by atoms with Gasteiger partial charge in [-0.05, 0) is 17.9 Å². The molecule has 0 aliphatic carbocycles. The largest absolute Gasteiger partial charge is 0.179 e. The maximum Gasteiger partial charge on any atom is 0.0196 e. The Balaban J connectivity index is 2.89. The third-order valence-electron chi connectivity index (χ3n) is 0.968. The van der Waals surface area contributed by atoms with E-state index in [1.165, 1.54) is 12.2 Å². The Morgan fingerprint density at radius 1 is 1.30 bits per heavy atom. The van der Waals surface area contributed by atoms with Crippen LogP contribution in [0.1, 0.15) is 6.42 Å². The molecule has 0 aliphatic rings. The molecule has 0 aliphatic heterocycles. The molecule has 1 atom stereocenters. The molecule has 1 unspecified atom stereocenters. The summed E-state index contributed by atoms with van der Waals surface area (Å²) in [5.74, 6) is 4.18. The first-order valence-electron chi connectivity index (χ1n) is 3.28. The van der Waals surface area contributed by atoms with E-state index in [0.29, 0.717) is 5.25 Å². The molecule has 0 spiro atoms. The molecule has 0 rings (SSSR count). The van der Waals surface area contributed by atoms with E-state index in [0.717, 1.165) is 17.3 Å². The summed E-state index contributed by atoms with van der Waals surface area (Å²) in [5.41, 5.74) is 0. The molecular formula is C6H14S4. The Hall–Kier alpha value is 1.40. The van der Waals surface area contributed by atoms with Crippen molar-refractivity contribution in [3.05, 3.63) is 0 Å². The molecule has 0 saturated heterocycles. The van der Waals surface area contributed by atoms with E-state index < -0.39 is 0 Å². The van der Waals surface area contributed by atoms with Crippen molar-refractivity contribution >= 4 is 49.6 Å². The summed E-state index contributed by atoms with van der Waals surface area (Å²) in [6, 6.07) is 0. The van der Waals surface area contributed by atoms with Gasteiger partial charge in [0.1, 0.15) is 0 Å². The van der Waals surface area contributed by atoms with Crippen LogP contribution in [0.2, 0.25) is 0 Å². The summed E-state index contributed by atoms with van der Waals surface area (Å²) < 4.78 is 0. The Labute approximate surface area is 84.2 Å². The molecule has 0 amide bonds. The van der Waals surface area contributed by atoms with E-state index >= 15 is 0 Å². The van der Waals surface area contributed by atoms with Crippen molar-refractivity contribution in [2.24, 2.45) is 0 Å². The maximum absolute atomic E-state index is 4.32. The molecule has 4 heteroatoms. The van der Waals surface area contributed by atoms with Crippen molar-refractivity contribution in [2.45, 2.75) is 11.7 Å². The first kappa shape index (κ1) is 11.4. The third kappa shape index (κ3) is 7.51. The van der Waals surface area contributed by atoms with E-state index in [1.54, 1.807) is 0 Å². The highest BCUT2D eigenvalue weighted by atomic mass is 32.2. The number of rotatable bonds is 6. The minimum atomic E-state index is 0.452. The zero-order chi connectivity index (χ0) is 7.82. The predicted molar refractivity (Wildman–Crippen MR) is 62.4 cm³/mol. The lowest BCUT2D eigenvalue weighted by atomic mass is 10.5. The van der Waals surface area contributed by atoms with Crippen LogP contribution < -0.4 is 0 Å². The fraction of sp³-hybridized carbons (Fsp3) is 1.00. The van der Waals surface area contributed by atoms with Crippen molar-refractivity contribution < 1.29 is 0 Å². The van der Waals surface area contributed by atoms with Gasteiger partial charge < -0.3 is 0 Å². The van der Waals surface area contributed by atoms with E-state index in [9.17, 15) is 0 Å². The van der Waals surface area contributed by atoms with Gasteiger partial charge in [-0.1, -0.05) is 0 Å². The average Bonchev–Trinajstić information content (AvgIpc) is 1.98. The number of thioether (sulfide) groups is 1. The van der Waals surface area contributed by atoms with Crippen molar-refractivity contribution in [3.63, 3.8) is 0 Å². The SMILES string of the molecule is SCCCSCC(S)CS. The molecule has 0 bridgehead atoms. The van der Waals surface area contributed by atoms with Crippen LogP contribution in [0.4, 0.5) is 0 Å². The molecule has 10 heavy (non-hydrogen) atoms. The van der Waals surface area contributed by atoms with Gasteiger partial charge >= 0.3 is 0 Å². The molecular weight excluding hydrogens is 200 g/mol. The Bertz CT molecular complexity index is 66.8. The molecule has 0 saturated carbocycles. The second kappa shape index (κ2) is 8.50. The summed E-state index contributed by atoms with van der Waals surface area (Å²) >= 11 is 14.5. The topological polar surface area (TPSA) is 0 Å². The average molecular weight is 214 g/mol. The quantitative estimate of drug-likeness (QED) is 0.450. The van der Waals surface area contributed by atoms with Crippen LogP contribution in [0, 0.1) is 0 Å². The van der Waals surface area contributed by atoms with Gasteiger partial charge in [0.2, 0.25) is 0 Å². The summed E-state index contributed by atoms with van der Waals surface area (Å²) in [7, 11) is 0. The van der Waals surface area contributed by atoms with Gasteiger partial charge in [0, 0.05) is 16.8 Å². The summed E-state index contributed by atoms with van der Waals surface area (Å²) in [5, 5.41) is 0.452. The van der Waals surface area contributed by atoms with Crippen LogP contribution in [-0.2, 0) is 0 Å². The van der Waals surface area contributed by atoms with Crippen molar-refractivity contribution in [2.75, 3.05) is 23.0 Å². The lowest BCUT2D eigenvalue weighted by molar-refractivity contribution is 1.11. The van der Waals surface area contributed by atoms with Gasteiger partial charge in [0.05, 0.1) is 0 Å². The van der Waals surface area contributed by atoms with E-state index in [-0.39, 0.29) is 0 Å². The molecule has 0 radical (unpaired) electrons. The molecule has 0 aromatic rings. The summed E-state index contributed by atoms with van der Waals surface area (Å²) in [6.07, 6.45) is 1.20. The van der Waals surface area contributed by atoms with Crippen LogP contribution in [0.5, 0.6) is 0 Å². The van der Waals surface area contributed by atoms with Crippen molar-refractivity contribution in [1.29, 1.82) is 0 Å². The van der Waals surface area contributed by atoms with Crippen LogP contribution in [0.15, 0.2) is 0 Å². The van der Waals surface area contributed by atoms with Gasteiger partial charge in [0.25, 0.3) is 0 Å². The minimum absolute atomic E-state index is 0.452. The van der Waals surface area contributed by atoms with Gasteiger partial charge in [-0.2, -0.15) is 49.6 Å². The molecule has 0 fully saturated rings. The van der Waals surface area contributed by atoms with Crippen LogP contribution in [0.25, 0.3) is 0 Å². The molecule has 0 nitrogen and oxygen atoms in total. The number of hydrogen-bond acceptors (Lipinski definition) is 4. The van der Waals surface area contributed by atoms with Gasteiger partial charge in [0.15, 0.2) is 0 Å². The van der Waals surface area contributed by atoms with Crippen LogP contribution in [0.3, 0.4) is 0 Å². The fourth-order valence-electron chi connectivity index (χ4n) is 0.439. The highest BCUT2D eigenvalue weighted by Crippen LogP contribution is 2.09. The monoisotopic (exact) mass is 214 g/mol. The molecule has 62 valence electrons. The Morgan fingerprint density at radius 3 is 2.50 bits per heavy atom. The van der Waals surface area contributed by atoms with Gasteiger partial charge in [-0.25, -0.2) is 0 Å². The smallest absolute Gasteiger partial charge is 0.0196 e. The maximum atomic E-state index is 4.32. The molecule has 0 aromatic heterocycles. The fourth-order valence-corrected chi connectivity index (χ4v) is 2.34. The Kier molecular flexibility index (Phi) is 9.69. The zero-order valence-electron chi connectivity index (χ0n) is 5.86. The lowest BCUT2D eigenvalue weighted by Crippen LogP contribution is -2.04. The molecule has 0 aromatic carbocycles. The predicted octanol–water partition coefficient (Wildman–Crippen LogP) is 2.27. The number of hydrogen-bond donors (Lipinski definition) is 3. The van der Waals surface area contributed by atoms with E-state index in [4.69, 9.17) is 0 Å². The first-order valence-corrected chi connectivity index (χ1v) is 6.22. The van der Waals surface area contributed by atoms with Gasteiger partial charge in [-0.3, -0.25) is 0 Å². The van der Waals surface area contributed by atoms with Crippen LogP contribution in [-0.4, -0.2) is 28.3 Å². The lowest BCUT2D eigenvalue weighted by Gasteiger charge is -2.04. The standard InChI is InChI=1S/C6H14S4/c7-2-1-3-10-5-6(9)4-8/h6-9H,1-5H2.